The zero-order valence-electron chi connectivity index (χ0n) is 19.5. The first-order valence-corrected chi connectivity index (χ1v) is 11.6. The summed E-state index contributed by atoms with van der Waals surface area (Å²) in [6.07, 6.45) is 3.25. The normalized spacial score (nSPS) is 14.9. The van der Waals surface area contributed by atoms with Crippen LogP contribution in [0.25, 0.3) is 17.0 Å². The Morgan fingerprint density at radius 3 is 2.46 bits per heavy atom. The van der Waals surface area contributed by atoms with Crippen LogP contribution in [0.5, 0.6) is 0 Å². The lowest BCUT2D eigenvalue weighted by Gasteiger charge is -2.26. The van der Waals surface area contributed by atoms with Crippen LogP contribution in [-0.2, 0) is 16.1 Å². The highest BCUT2D eigenvalue weighted by Crippen LogP contribution is 2.29. The minimum atomic E-state index is -0.854. The summed E-state index contributed by atoms with van der Waals surface area (Å²) in [6.45, 7) is 2.21. The van der Waals surface area contributed by atoms with Gasteiger partial charge < -0.3 is 4.57 Å². The number of aryl methyl sites for hydroxylation is 1. The number of carbonyl (C=O) groups is 3. The summed E-state index contributed by atoms with van der Waals surface area (Å²) in [6, 6.07) is 17.6. The summed E-state index contributed by atoms with van der Waals surface area (Å²) in [5.74, 6) is -1.56. The van der Waals surface area contributed by atoms with Crippen LogP contribution in [0.4, 0.5) is 16.2 Å². The van der Waals surface area contributed by atoms with Crippen LogP contribution < -0.4 is 10.2 Å². The molecule has 1 aromatic heterocycles. The van der Waals surface area contributed by atoms with Gasteiger partial charge in [0, 0.05) is 46.4 Å². The Morgan fingerprint density at radius 1 is 1.03 bits per heavy atom. The summed E-state index contributed by atoms with van der Waals surface area (Å²) < 4.78 is 1.93. The fraction of sp³-hybridized carbons (Fsp3) is 0.0741. The number of aromatic nitrogens is 1. The second-order valence-electron chi connectivity index (χ2n) is 8.54. The molecule has 37 heavy (non-hydrogen) atoms. The Bertz CT molecular complexity index is 1640. The zero-order chi connectivity index (χ0) is 26.3. The number of hydrogen-bond donors (Lipinski definition) is 1. The molecule has 0 radical (unpaired) electrons. The van der Waals surface area contributed by atoms with E-state index in [2.05, 4.69) is 5.32 Å². The SMILES string of the molecule is Cc1ccc(N2C(=O)NC(=O)/C(=C/c3cn(Cc4ccc([N+](=O)[O-])cc4)c4ccccc34)C2=O)cc1Cl. The summed E-state index contributed by atoms with van der Waals surface area (Å²) in [7, 11) is 0. The molecule has 4 aromatic rings. The molecule has 0 unspecified atom stereocenters. The first-order chi connectivity index (χ1) is 17.7. The van der Waals surface area contributed by atoms with E-state index in [1.807, 2.05) is 28.8 Å². The Morgan fingerprint density at radius 2 is 1.76 bits per heavy atom. The first kappa shape index (κ1) is 24.0. The average Bonchev–Trinajstić information content (AvgIpc) is 3.21. The Labute approximate surface area is 215 Å². The summed E-state index contributed by atoms with van der Waals surface area (Å²) in [5, 5.41) is 14.4. The summed E-state index contributed by atoms with van der Waals surface area (Å²) in [5.41, 5.74) is 3.11. The van der Waals surface area contributed by atoms with Gasteiger partial charge in [0.2, 0.25) is 0 Å². The van der Waals surface area contributed by atoms with E-state index < -0.39 is 22.8 Å². The monoisotopic (exact) mass is 514 g/mol. The van der Waals surface area contributed by atoms with Crippen molar-refractivity contribution in [3.8, 4) is 0 Å². The number of benzene rings is 3. The lowest BCUT2D eigenvalue weighted by molar-refractivity contribution is -0.384. The molecule has 0 saturated carbocycles. The van der Waals surface area contributed by atoms with Crippen LogP contribution in [-0.4, -0.2) is 27.3 Å². The molecule has 1 N–H and O–H groups in total. The fourth-order valence-electron chi connectivity index (χ4n) is 4.21. The van der Waals surface area contributed by atoms with Crippen molar-refractivity contribution in [2.75, 3.05) is 4.90 Å². The molecule has 4 amide bonds. The van der Waals surface area contributed by atoms with Gasteiger partial charge in [-0.1, -0.05) is 48.0 Å². The number of carbonyl (C=O) groups excluding carboxylic acids is 3. The number of nitrogens with zero attached hydrogens (tertiary/aromatic N) is 3. The molecule has 10 heteroatoms. The highest BCUT2D eigenvalue weighted by molar-refractivity contribution is 6.39. The number of rotatable bonds is 5. The number of hydrogen-bond acceptors (Lipinski definition) is 5. The third-order valence-corrected chi connectivity index (χ3v) is 6.54. The maximum Gasteiger partial charge on any atom is 0.335 e. The smallest absolute Gasteiger partial charge is 0.335 e. The van der Waals surface area contributed by atoms with E-state index in [1.54, 1.807) is 37.4 Å². The van der Waals surface area contributed by atoms with E-state index in [0.29, 0.717) is 17.1 Å². The predicted octanol–water partition coefficient (Wildman–Crippen LogP) is 5.23. The third kappa shape index (κ3) is 4.48. The number of barbiturate groups is 1. The van der Waals surface area contributed by atoms with Crippen molar-refractivity contribution in [1.82, 2.24) is 9.88 Å². The van der Waals surface area contributed by atoms with E-state index in [4.69, 9.17) is 11.6 Å². The van der Waals surface area contributed by atoms with Crippen molar-refractivity contribution >= 4 is 57.8 Å². The Balaban J connectivity index is 1.54. The largest absolute Gasteiger partial charge is 0.342 e. The number of fused-ring (bicyclic) bond motifs is 1. The second-order valence-corrected chi connectivity index (χ2v) is 8.95. The van der Waals surface area contributed by atoms with Crippen LogP contribution in [0.1, 0.15) is 16.7 Å². The number of imide groups is 2. The highest BCUT2D eigenvalue weighted by Gasteiger charge is 2.37. The van der Waals surface area contributed by atoms with E-state index in [1.165, 1.54) is 24.3 Å². The molecule has 2 heterocycles. The summed E-state index contributed by atoms with van der Waals surface area (Å²) >= 11 is 6.19. The maximum atomic E-state index is 13.3. The van der Waals surface area contributed by atoms with Gasteiger partial charge in [0.05, 0.1) is 10.6 Å². The van der Waals surface area contributed by atoms with Gasteiger partial charge in [-0.25, -0.2) is 9.69 Å². The topological polar surface area (TPSA) is 115 Å². The molecule has 5 rings (SSSR count). The van der Waals surface area contributed by atoms with Gasteiger partial charge in [0.25, 0.3) is 17.5 Å². The van der Waals surface area contributed by atoms with Crippen molar-refractivity contribution in [1.29, 1.82) is 0 Å². The van der Waals surface area contributed by atoms with Crippen molar-refractivity contribution in [3.05, 3.63) is 110 Å². The number of halogens is 1. The van der Waals surface area contributed by atoms with Crippen LogP contribution in [0.2, 0.25) is 5.02 Å². The van der Waals surface area contributed by atoms with Gasteiger partial charge in [0.15, 0.2) is 0 Å². The van der Waals surface area contributed by atoms with Gasteiger partial charge in [-0.15, -0.1) is 0 Å². The van der Waals surface area contributed by atoms with Crippen LogP contribution >= 0.6 is 11.6 Å². The quantitative estimate of drug-likeness (QED) is 0.169. The van der Waals surface area contributed by atoms with Gasteiger partial charge in [-0.3, -0.25) is 25.0 Å². The molecule has 3 aromatic carbocycles. The van der Waals surface area contributed by atoms with Crippen LogP contribution in [0.3, 0.4) is 0 Å². The molecule has 0 bridgehead atoms. The molecule has 1 saturated heterocycles. The van der Waals surface area contributed by atoms with Gasteiger partial charge in [0.1, 0.15) is 5.57 Å². The van der Waals surface area contributed by atoms with Gasteiger partial charge >= 0.3 is 6.03 Å². The molecule has 1 fully saturated rings. The Kier molecular flexibility index (Phi) is 6.06. The number of nitro benzene ring substituents is 1. The van der Waals surface area contributed by atoms with Gasteiger partial charge in [-0.2, -0.15) is 0 Å². The second kappa shape index (κ2) is 9.36. The molecule has 184 valence electrons. The molecule has 0 aliphatic carbocycles. The average molecular weight is 515 g/mol. The van der Waals surface area contributed by atoms with E-state index >= 15 is 0 Å². The molecular weight excluding hydrogens is 496 g/mol. The number of non-ortho nitro benzene ring substituents is 1. The lowest BCUT2D eigenvalue weighted by atomic mass is 10.1. The zero-order valence-corrected chi connectivity index (χ0v) is 20.2. The number of urea groups is 1. The third-order valence-electron chi connectivity index (χ3n) is 6.13. The number of nitro groups is 1. The Hall–Kier alpha value is -4.76. The van der Waals surface area contributed by atoms with E-state index in [-0.39, 0.29) is 16.9 Å². The first-order valence-electron chi connectivity index (χ1n) is 11.2. The molecule has 9 nitrogen and oxygen atoms in total. The van der Waals surface area contributed by atoms with E-state index in [0.717, 1.165) is 26.9 Å². The number of amides is 4. The predicted molar refractivity (Wildman–Crippen MR) is 139 cm³/mol. The van der Waals surface area contributed by atoms with Crippen molar-refractivity contribution in [2.45, 2.75) is 13.5 Å². The molecule has 1 aliphatic rings. The van der Waals surface area contributed by atoms with Gasteiger partial charge in [-0.05, 0) is 42.3 Å². The maximum absolute atomic E-state index is 13.3. The number of anilines is 1. The van der Waals surface area contributed by atoms with E-state index in [9.17, 15) is 24.5 Å². The highest BCUT2D eigenvalue weighted by atomic mass is 35.5. The molecular formula is C27H19ClN4O5. The standard InChI is InChI=1S/C27H19ClN4O5/c1-16-6-9-20(13-23(16)28)31-26(34)22(25(33)29-27(31)35)12-18-15-30(24-5-3-2-4-21(18)24)14-17-7-10-19(11-8-17)32(36)37/h2-13,15H,14H2,1H3,(H,29,33,35)/b22-12-. The lowest BCUT2D eigenvalue weighted by Crippen LogP contribution is -2.54. The van der Waals surface area contributed by atoms with Crippen molar-refractivity contribution in [2.24, 2.45) is 0 Å². The number of nitrogens with one attached hydrogen (secondary N) is 1. The molecule has 0 spiro atoms. The number of para-hydroxylation sites is 1. The van der Waals surface area contributed by atoms with Crippen LogP contribution in [0, 0.1) is 17.0 Å². The molecule has 0 atom stereocenters. The van der Waals surface area contributed by atoms with Crippen molar-refractivity contribution < 1.29 is 19.3 Å². The summed E-state index contributed by atoms with van der Waals surface area (Å²) in [4.78, 5) is 50.0. The minimum absolute atomic E-state index is 0.00215. The fourth-order valence-corrected chi connectivity index (χ4v) is 4.38. The molecule has 1 aliphatic heterocycles. The van der Waals surface area contributed by atoms with Crippen LogP contribution in [0.15, 0.2) is 78.5 Å². The van der Waals surface area contributed by atoms with Crippen molar-refractivity contribution in [3.63, 3.8) is 0 Å². The minimum Gasteiger partial charge on any atom is -0.342 e.